The van der Waals surface area contributed by atoms with Crippen molar-refractivity contribution in [3.05, 3.63) is 56.8 Å². The first-order chi connectivity index (χ1) is 25.3. The largest absolute Gasteiger partial charge is 0.507 e. The zero-order valence-corrected chi connectivity index (χ0v) is 32.2. The molecule has 0 spiro atoms. The molecule has 0 aliphatic carbocycles. The molecule has 2 aliphatic heterocycles. The molecule has 5 rings (SSSR count). The number of methoxy groups -OCH3 is 1. The van der Waals surface area contributed by atoms with Crippen LogP contribution in [0.1, 0.15) is 77.3 Å². The average molecular weight is 721 g/mol. The number of ether oxygens (including phenoxy) is 5. The fourth-order valence-electron chi connectivity index (χ4n) is 6.91. The highest BCUT2D eigenvalue weighted by molar-refractivity contribution is 5.98. The van der Waals surface area contributed by atoms with Crippen LogP contribution in [0.5, 0.6) is 23.0 Å². The lowest BCUT2D eigenvalue weighted by Gasteiger charge is -2.26. The van der Waals surface area contributed by atoms with Crippen molar-refractivity contribution in [2.75, 3.05) is 86.0 Å². The van der Waals surface area contributed by atoms with Crippen LogP contribution >= 0.6 is 0 Å². The fourth-order valence-corrected chi connectivity index (χ4v) is 6.91. The van der Waals surface area contributed by atoms with Gasteiger partial charge in [-0.15, -0.1) is 0 Å². The molecule has 0 radical (unpaired) electrons. The van der Waals surface area contributed by atoms with Crippen molar-refractivity contribution in [1.82, 2.24) is 9.80 Å². The van der Waals surface area contributed by atoms with Gasteiger partial charge in [0.2, 0.25) is 5.43 Å². The number of benzene rings is 2. The predicted octanol–water partition coefficient (Wildman–Crippen LogP) is 7.44. The summed E-state index contributed by atoms with van der Waals surface area (Å²) >= 11 is 0. The number of fused-ring (bicyclic) bond motifs is 2. The number of rotatable bonds is 19. The number of morpholine rings is 2. The van der Waals surface area contributed by atoms with Gasteiger partial charge in [-0.05, 0) is 92.2 Å². The summed E-state index contributed by atoms with van der Waals surface area (Å²) in [6.45, 7) is 18.4. The molecule has 3 aromatic rings. The Kier molecular flexibility index (Phi) is 15.3. The molecule has 0 bridgehead atoms. The molecule has 1 N–H and O–H groups in total. The molecule has 0 saturated carbocycles. The van der Waals surface area contributed by atoms with Crippen molar-refractivity contribution >= 4 is 21.9 Å². The number of phenols is 1. The third-order valence-electron chi connectivity index (χ3n) is 9.90. The maximum absolute atomic E-state index is 14.5. The van der Waals surface area contributed by atoms with E-state index in [0.717, 1.165) is 115 Å². The van der Waals surface area contributed by atoms with E-state index in [4.69, 9.17) is 28.1 Å². The van der Waals surface area contributed by atoms with Crippen LogP contribution in [0.2, 0.25) is 0 Å². The monoisotopic (exact) mass is 720 g/mol. The molecular weight excluding hydrogens is 660 g/mol. The molecule has 2 saturated heterocycles. The Morgan fingerprint density at radius 2 is 1.21 bits per heavy atom. The Bertz CT molecular complexity index is 1730. The quantitative estimate of drug-likeness (QED) is 0.0764. The molecule has 0 unspecified atom stereocenters. The highest BCUT2D eigenvalue weighted by atomic mass is 16.5. The number of aromatic hydroxyl groups is 1. The highest BCUT2D eigenvalue weighted by Gasteiger charge is 2.24. The number of hydrogen-bond acceptors (Lipinski definition) is 10. The van der Waals surface area contributed by atoms with Crippen molar-refractivity contribution in [2.45, 2.75) is 79.1 Å². The molecule has 3 heterocycles. The minimum Gasteiger partial charge on any atom is -0.507 e. The van der Waals surface area contributed by atoms with E-state index in [2.05, 4.69) is 15.9 Å². The maximum Gasteiger partial charge on any atom is 0.204 e. The first-order valence-corrected chi connectivity index (χ1v) is 19.2. The lowest BCUT2D eigenvalue weighted by Crippen LogP contribution is -2.36. The third kappa shape index (κ3) is 10.7. The summed E-state index contributed by atoms with van der Waals surface area (Å²) in [5.74, 6) is 1.49. The molecular formula is C42H60N2O8. The molecule has 0 atom stereocenters. The van der Waals surface area contributed by atoms with Gasteiger partial charge in [0.05, 0.1) is 52.1 Å². The number of phenolic OH excluding ortho intramolecular Hbond substituents is 1. The molecule has 1 aromatic heterocycles. The molecule has 286 valence electrons. The number of hydrogen-bond donors (Lipinski definition) is 1. The van der Waals surface area contributed by atoms with Gasteiger partial charge in [-0.1, -0.05) is 23.3 Å². The first-order valence-electron chi connectivity index (χ1n) is 19.2. The second-order valence-corrected chi connectivity index (χ2v) is 14.5. The van der Waals surface area contributed by atoms with E-state index in [-0.39, 0.29) is 22.1 Å². The van der Waals surface area contributed by atoms with Crippen molar-refractivity contribution in [2.24, 2.45) is 0 Å². The Labute approximate surface area is 309 Å². The van der Waals surface area contributed by atoms with Crippen LogP contribution < -0.4 is 19.6 Å². The molecule has 2 fully saturated rings. The summed E-state index contributed by atoms with van der Waals surface area (Å²) in [6, 6.07) is 3.53. The highest BCUT2D eigenvalue weighted by Crippen LogP contribution is 2.42. The van der Waals surface area contributed by atoms with Crippen LogP contribution in [-0.2, 0) is 22.3 Å². The first kappa shape index (κ1) is 39.6. The summed E-state index contributed by atoms with van der Waals surface area (Å²) in [5, 5.41) is 12.3. The fraction of sp³-hybridized carbons (Fsp3) is 0.595. The van der Waals surface area contributed by atoms with Crippen LogP contribution in [0.25, 0.3) is 21.9 Å². The lowest BCUT2D eigenvalue weighted by atomic mass is 9.98. The molecule has 52 heavy (non-hydrogen) atoms. The zero-order valence-electron chi connectivity index (χ0n) is 32.2. The zero-order chi connectivity index (χ0) is 36.9. The maximum atomic E-state index is 14.5. The van der Waals surface area contributed by atoms with E-state index < -0.39 is 0 Å². The number of nitrogens with zero attached hydrogens (tertiary/aromatic N) is 2. The van der Waals surface area contributed by atoms with Crippen molar-refractivity contribution in [1.29, 1.82) is 0 Å². The normalized spacial score (nSPS) is 15.6. The van der Waals surface area contributed by atoms with Crippen LogP contribution in [0.3, 0.4) is 0 Å². The van der Waals surface area contributed by atoms with Gasteiger partial charge in [0.1, 0.15) is 28.1 Å². The van der Waals surface area contributed by atoms with Crippen LogP contribution in [0.15, 0.2) is 44.6 Å². The summed E-state index contributed by atoms with van der Waals surface area (Å²) in [7, 11) is 1.60. The third-order valence-corrected chi connectivity index (χ3v) is 9.90. The summed E-state index contributed by atoms with van der Waals surface area (Å²) in [6.07, 6.45) is 11.0. The second-order valence-electron chi connectivity index (χ2n) is 14.5. The van der Waals surface area contributed by atoms with E-state index >= 15 is 0 Å². The van der Waals surface area contributed by atoms with Gasteiger partial charge in [-0.3, -0.25) is 14.6 Å². The predicted molar refractivity (Wildman–Crippen MR) is 208 cm³/mol. The van der Waals surface area contributed by atoms with E-state index in [1.54, 1.807) is 19.2 Å². The van der Waals surface area contributed by atoms with Crippen LogP contribution in [0, 0.1) is 0 Å². The van der Waals surface area contributed by atoms with Gasteiger partial charge in [-0.25, -0.2) is 0 Å². The smallest absolute Gasteiger partial charge is 0.204 e. The minimum atomic E-state index is -0.299. The SMILES string of the molecule is COc1c(OCCCCCN2CCOCC2)cc2oc3cc(OCCCCCN4CCOCC4)c(CC=C(C)C)c(O)c3c(=O)c2c1CC=C(C)C. The van der Waals surface area contributed by atoms with Crippen LogP contribution in [-0.4, -0.2) is 101 Å². The van der Waals surface area contributed by atoms with Gasteiger partial charge >= 0.3 is 0 Å². The van der Waals surface area contributed by atoms with Gasteiger partial charge in [0.15, 0.2) is 11.5 Å². The lowest BCUT2D eigenvalue weighted by molar-refractivity contribution is 0.0370. The average Bonchev–Trinajstić information content (AvgIpc) is 3.13. The van der Waals surface area contributed by atoms with Gasteiger partial charge in [0.25, 0.3) is 0 Å². The van der Waals surface area contributed by atoms with Crippen molar-refractivity contribution < 1.29 is 33.2 Å². The van der Waals surface area contributed by atoms with Crippen LogP contribution in [0.4, 0.5) is 0 Å². The van der Waals surface area contributed by atoms with Crippen molar-refractivity contribution in [3.8, 4) is 23.0 Å². The standard InChI is InChI=1S/C42H60N2O8/c1-30(2)12-14-32-34(50-22-10-6-8-16-43-18-24-48-25-19-43)28-36-39(40(32)45)41(46)38-33(15-13-31(3)4)42(47-5)37(29-35(38)52-36)51-23-11-7-9-17-44-20-26-49-27-21-44/h12-13,28-29,45H,6-11,14-27H2,1-5H3. The van der Waals surface area contributed by atoms with E-state index in [1.807, 2.05) is 33.8 Å². The molecule has 2 aromatic carbocycles. The summed E-state index contributed by atoms with van der Waals surface area (Å²) in [4.78, 5) is 19.4. The molecule has 10 nitrogen and oxygen atoms in total. The Morgan fingerprint density at radius 1 is 0.712 bits per heavy atom. The number of allylic oxidation sites excluding steroid dienone is 4. The van der Waals surface area contributed by atoms with E-state index in [1.165, 1.54) is 0 Å². The Hall–Kier alpha value is -3.57. The second kappa shape index (κ2) is 20.0. The molecule has 10 heteroatoms. The minimum absolute atomic E-state index is 0.0995. The number of unbranched alkanes of at least 4 members (excludes halogenated alkanes) is 4. The van der Waals surface area contributed by atoms with Gasteiger partial charge in [-0.2, -0.15) is 0 Å². The van der Waals surface area contributed by atoms with E-state index in [9.17, 15) is 9.90 Å². The van der Waals surface area contributed by atoms with Gasteiger partial charge < -0.3 is 33.2 Å². The van der Waals surface area contributed by atoms with E-state index in [0.29, 0.717) is 65.4 Å². The summed E-state index contributed by atoms with van der Waals surface area (Å²) in [5.41, 5.74) is 3.86. The summed E-state index contributed by atoms with van der Waals surface area (Å²) < 4.78 is 36.0. The Morgan fingerprint density at radius 3 is 1.75 bits per heavy atom. The topological polar surface area (TPSA) is 103 Å². The van der Waals surface area contributed by atoms with Gasteiger partial charge in [0, 0.05) is 49.4 Å². The Balaban J connectivity index is 1.41. The van der Waals surface area contributed by atoms with Crippen molar-refractivity contribution in [3.63, 3.8) is 0 Å². The molecule has 0 amide bonds. The molecule has 2 aliphatic rings.